The Bertz CT molecular complexity index is 480. The van der Waals surface area contributed by atoms with Gasteiger partial charge in [-0.15, -0.1) is 6.42 Å². The highest BCUT2D eigenvalue weighted by atomic mass is 16.5. The zero-order valence-corrected chi connectivity index (χ0v) is 10.6. The summed E-state index contributed by atoms with van der Waals surface area (Å²) in [4.78, 5) is 11.6. The Labute approximate surface area is 112 Å². The van der Waals surface area contributed by atoms with Crippen LogP contribution in [0.5, 0.6) is 5.75 Å². The number of carbonyl (C=O) groups is 1. The normalized spacial score (nSPS) is 9.16. The highest BCUT2D eigenvalue weighted by molar-refractivity contribution is 5.89. The molecule has 0 aliphatic heterocycles. The maximum absolute atomic E-state index is 11.6. The molecule has 0 aromatic heterocycles. The third-order valence-electron chi connectivity index (χ3n) is 2.33. The molecule has 0 heterocycles. The second-order valence-corrected chi connectivity index (χ2v) is 3.77. The van der Waals surface area contributed by atoms with Crippen molar-refractivity contribution in [2.75, 3.05) is 13.2 Å². The Kier molecular flexibility index (Phi) is 6.61. The van der Waals surface area contributed by atoms with Gasteiger partial charge in [0.05, 0.1) is 18.2 Å². The summed E-state index contributed by atoms with van der Waals surface area (Å²) in [6.45, 7) is 0.526. The fraction of sp³-hybridized carbons (Fsp3) is 0.333. The molecule has 0 saturated heterocycles. The molecule has 98 valence electrons. The van der Waals surface area contributed by atoms with Crippen LogP contribution in [0, 0.1) is 23.7 Å². The number of ether oxygens (including phenoxy) is 2. The summed E-state index contributed by atoms with van der Waals surface area (Å²) in [6.07, 6.45) is 7.00. The molecule has 1 aromatic carbocycles. The lowest BCUT2D eigenvalue weighted by atomic mass is 10.2. The van der Waals surface area contributed by atoms with Crippen LogP contribution in [0.1, 0.15) is 29.6 Å². The molecule has 0 aliphatic rings. The van der Waals surface area contributed by atoms with Gasteiger partial charge in [-0.2, -0.15) is 5.26 Å². The average molecular weight is 257 g/mol. The van der Waals surface area contributed by atoms with Crippen molar-refractivity contribution in [2.45, 2.75) is 19.3 Å². The molecule has 0 unspecified atom stereocenters. The largest absolute Gasteiger partial charge is 0.481 e. The Morgan fingerprint density at radius 2 is 2.00 bits per heavy atom. The number of nitriles is 1. The minimum atomic E-state index is -0.375. The van der Waals surface area contributed by atoms with Gasteiger partial charge in [-0.1, -0.05) is 5.92 Å². The number of unbranched alkanes of at least 4 members (excludes halogenated alkanes) is 2. The standard InChI is InChI=1S/C15H15NO3/c1-2-11-18-14-8-6-13(7-9-14)15(17)19-12-5-3-4-10-16/h1,6-9H,3-5,11-12H2. The molecule has 0 amide bonds. The van der Waals surface area contributed by atoms with Crippen molar-refractivity contribution >= 4 is 5.97 Å². The monoisotopic (exact) mass is 257 g/mol. The van der Waals surface area contributed by atoms with E-state index in [0.29, 0.717) is 30.8 Å². The molecule has 19 heavy (non-hydrogen) atoms. The SMILES string of the molecule is C#CCOc1ccc(C(=O)OCCCCC#N)cc1. The molecule has 0 radical (unpaired) electrons. The van der Waals surface area contributed by atoms with E-state index in [2.05, 4.69) is 5.92 Å². The first kappa shape index (κ1) is 14.6. The lowest BCUT2D eigenvalue weighted by molar-refractivity contribution is 0.0499. The second kappa shape index (κ2) is 8.60. The van der Waals surface area contributed by atoms with Crippen LogP contribution >= 0.6 is 0 Å². The van der Waals surface area contributed by atoms with Gasteiger partial charge in [0.2, 0.25) is 0 Å². The van der Waals surface area contributed by atoms with Crippen LogP contribution in [-0.2, 0) is 4.74 Å². The molecule has 0 N–H and O–H groups in total. The van der Waals surface area contributed by atoms with Crippen molar-refractivity contribution in [3.63, 3.8) is 0 Å². The number of benzene rings is 1. The van der Waals surface area contributed by atoms with Gasteiger partial charge in [0.25, 0.3) is 0 Å². The van der Waals surface area contributed by atoms with E-state index in [1.165, 1.54) is 0 Å². The maximum atomic E-state index is 11.6. The molecule has 0 bridgehead atoms. The van der Waals surface area contributed by atoms with Crippen LogP contribution in [0.3, 0.4) is 0 Å². The molecule has 1 aromatic rings. The fourth-order valence-corrected chi connectivity index (χ4v) is 1.37. The maximum Gasteiger partial charge on any atom is 0.338 e. The number of hydrogen-bond acceptors (Lipinski definition) is 4. The predicted octanol–water partition coefficient (Wildman–Crippen LogP) is 2.55. The van der Waals surface area contributed by atoms with Crippen LogP contribution < -0.4 is 4.74 Å². The quantitative estimate of drug-likeness (QED) is 0.428. The topological polar surface area (TPSA) is 59.3 Å². The summed E-state index contributed by atoms with van der Waals surface area (Å²) in [5.74, 6) is 2.60. The van der Waals surface area contributed by atoms with Crippen molar-refractivity contribution in [3.8, 4) is 24.2 Å². The summed E-state index contributed by atoms with van der Waals surface area (Å²) in [5.41, 5.74) is 0.466. The first-order valence-corrected chi connectivity index (χ1v) is 5.98. The first-order valence-electron chi connectivity index (χ1n) is 5.98. The summed E-state index contributed by atoms with van der Waals surface area (Å²) in [5, 5.41) is 8.36. The van der Waals surface area contributed by atoms with E-state index in [9.17, 15) is 4.79 Å². The fourth-order valence-electron chi connectivity index (χ4n) is 1.37. The summed E-state index contributed by atoms with van der Waals surface area (Å²) < 4.78 is 10.3. The zero-order valence-electron chi connectivity index (χ0n) is 10.6. The number of hydrogen-bond donors (Lipinski definition) is 0. The summed E-state index contributed by atoms with van der Waals surface area (Å²) >= 11 is 0. The van der Waals surface area contributed by atoms with Crippen LogP contribution in [0.15, 0.2) is 24.3 Å². The van der Waals surface area contributed by atoms with Gasteiger partial charge >= 0.3 is 5.97 Å². The number of rotatable bonds is 7. The van der Waals surface area contributed by atoms with Gasteiger partial charge in [-0.05, 0) is 37.1 Å². The predicted molar refractivity (Wildman–Crippen MR) is 70.5 cm³/mol. The number of terminal acetylenes is 1. The van der Waals surface area contributed by atoms with E-state index in [1.807, 2.05) is 6.07 Å². The van der Waals surface area contributed by atoms with Crippen molar-refractivity contribution in [2.24, 2.45) is 0 Å². The van der Waals surface area contributed by atoms with Gasteiger partial charge in [-0.25, -0.2) is 4.79 Å². The Hall–Kier alpha value is -2.46. The minimum Gasteiger partial charge on any atom is -0.481 e. The van der Waals surface area contributed by atoms with E-state index in [4.69, 9.17) is 21.2 Å². The molecule has 4 nitrogen and oxygen atoms in total. The van der Waals surface area contributed by atoms with E-state index < -0.39 is 0 Å². The van der Waals surface area contributed by atoms with Crippen molar-refractivity contribution in [3.05, 3.63) is 29.8 Å². The molecule has 0 saturated carbocycles. The van der Waals surface area contributed by atoms with Gasteiger partial charge in [0.15, 0.2) is 0 Å². The van der Waals surface area contributed by atoms with Crippen molar-refractivity contribution in [1.82, 2.24) is 0 Å². The summed E-state index contributed by atoms with van der Waals surface area (Å²) in [7, 11) is 0. The molecule has 0 aliphatic carbocycles. The van der Waals surface area contributed by atoms with Crippen molar-refractivity contribution < 1.29 is 14.3 Å². The third kappa shape index (κ3) is 5.61. The lowest BCUT2D eigenvalue weighted by Crippen LogP contribution is -2.06. The van der Waals surface area contributed by atoms with E-state index in [0.717, 1.165) is 6.42 Å². The van der Waals surface area contributed by atoms with Crippen LogP contribution in [0.2, 0.25) is 0 Å². The van der Waals surface area contributed by atoms with Gasteiger partial charge in [0.1, 0.15) is 12.4 Å². The van der Waals surface area contributed by atoms with Gasteiger partial charge in [0, 0.05) is 6.42 Å². The highest BCUT2D eigenvalue weighted by Crippen LogP contribution is 2.13. The zero-order chi connectivity index (χ0) is 13.9. The Morgan fingerprint density at radius 1 is 1.26 bits per heavy atom. The average Bonchev–Trinajstić information content (AvgIpc) is 2.45. The minimum absolute atomic E-state index is 0.197. The summed E-state index contributed by atoms with van der Waals surface area (Å²) in [6, 6.07) is 8.64. The first-order chi connectivity index (χ1) is 9.27. The molecule has 0 fully saturated rings. The molecule has 0 atom stereocenters. The number of carbonyl (C=O) groups excluding carboxylic acids is 1. The van der Waals surface area contributed by atoms with Gasteiger partial charge in [-0.3, -0.25) is 0 Å². The number of esters is 1. The van der Waals surface area contributed by atoms with Crippen LogP contribution in [-0.4, -0.2) is 19.2 Å². The van der Waals surface area contributed by atoms with Gasteiger partial charge < -0.3 is 9.47 Å². The molecule has 1 rings (SSSR count). The van der Waals surface area contributed by atoms with Crippen LogP contribution in [0.4, 0.5) is 0 Å². The van der Waals surface area contributed by atoms with Crippen molar-refractivity contribution in [1.29, 1.82) is 5.26 Å². The van der Waals surface area contributed by atoms with E-state index in [-0.39, 0.29) is 12.6 Å². The highest BCUT2D eigenvalue weighted by Gasteiger charge is 2.06. The van der Waals surface area contributed by atoms with Crippen LogP contribution in [0.25, 0.3) is 0 Å². The Balaban J connectivity index is 2.36. The number of nitrogens with zero attached hydrogens (tertiary/aromatic N) is 1. The molecular formula is C15H15NO3. The third-order valence-corrected chi connectivity index (χ3v) is 2.33. The Morgan fingerprint density at radius 3 is 2.63 bits per heavy atom. The molecular weight excluding hydrogens is 242 g/mol. The molecule has 0 spiro atoms. The molecule has 4 heteroatoms. The van der Waals surface area contributed by atoms with E-state index >= 15 is 0 Å². The second-order valence-electron chi connectivity index (χ2n) is 3.77. The lowest BCUT2D eigenvalue weighted by Gasteiger charge is -2.05. The van der Waals surface area contributed by atoms with E-state index in [1.54, 1.807) is 24.3 Å². The smallest absolute Gasteiger partial charge is 0.338 e.